The van der Waals surface area contributed by atoms with E-state index in [9.17, 15) is 14.4 Å². The Kier molecular flexibility index (Phi) is 5.98. The fraction of sp³-hybridized carbons (Fsp3) is 0.333. The van der Waals surface area contributed by atoms with Gasteiger partial charge in [-0.05, 0) is 49.9 Å². The zero-order chi connectivity index (χ0) is 20.7. The van der Waals surface area contributed by atoms with Crippen LogP contribution in [0.1, 0.15) is 53.7 Å². The van der Waals surface area contributed by atoms with Crippen LogP contribution in [-0.2, 0) is 6.54 Å². The molecule has 0 atom stereocenters. The molecule has 1 aromatic carbocycles. The molecular weight excluding hydrogens is 406 g/mol. The minimum Gasteiger partial charge on any atom is -0.399 e. The lowest BCUT2D eigenvalue weighted by molar-refractivity contribution is 0.102. The molecular formula is C21H24ClN5O3. The van der Waals surface area contributed by atoms with Crippen LogP contribution in [0.5, 0.6) is 0 Å². The molecule has 0 saturated heterocycles. The van der Waals surface area contributed by atoms with E-state index in [2.05, 4.69) is 15.3 Å². The van der Waals surface area contributed by atoms with Crippen molar-refractivity contribution in [2.24, 2.45) is 0 Å². The minimum absolute atomic E-state index is 0. The highest BCUT2D eigenvalue weighted by molar-refractivity contribution is 6.12. The van der Waals surface area contributed by atoms with Crippen molar-refractivity contribution in [1.82, 2.24) is 14.5 Å². The number of anilines is 2. The van der Waals surface area contributed by atoms with Crippen LogP contribution in [0.4, 0.5) is 11.4 Å². The summed E-state index contributed by atoms with van der Waals surface area (Å²) in [6, 6.07) is 6.92. The predicted molar refractivity (Wildman–Crippen MR) is 120 cm³/mol. The molecule has 0 bridgehead atoms. The summed E-state index contributed by atoms with van der Waals surface area (Å²) in [7, 11) is 0. The van der Waals surface area contributed by atoms with Crippen molar-refractivity contribution >= 4 is 40.7 Å². The van der Waals surface area contributed by atoms with Gasteiger partial charge in [-0.1, -0.05) is 13.0 Å². The molecule has 9 heteroatoms. The van der Waals surface area contributed by atoms with E-state index in [4.69, 9.17) is 5.73 Å². The number of nitrogen functional groups attached to an aromatic ring is 1. The van der Waals surface area contributed by atoms with Crippen molar-refractivity contribution in [1.29, 1.82) is 0 Å². The molecule has 0 radical (unpaired) electrons. The first-order chi connectivity index (χ1) is 13.9. The minimum atomic E-state index is -0.610. The maximum atomic E-state index is 13.2. The topological polar surface area (TPSA) is 123 Å². The van der Waals surface area contributed by atoms with Gasteiger partial charge in [0.15, 0.2) is 5.65 Å². The van der Waals surface area contributed by atoms with Crippen molar-refractivity contribution in [3.8, 4) is 0 Å². The van der Waals surface area contributed by atoms with E-state index in [0.29, 0.717) is 24.3 Å². The van der Waals surface area contributed by atoms with Crippen LogP contribution in [0.15, 0.2) is 33.9 Å². The molecule has 1 aliphatic carbocycles. The van der Waals surface area contributed by atoms with Gasteiger partial charge in [-0.2, -0.15) is 0 Å². The van der Waals surface area contributed by atoms with E-state index in [1.807, 2.05) is 19.9 Å². The molecule has 2 heterocycles. The van der Waals surface area contributed by atoms with Gasteiger partial charge in [0.25, 0.3) is 11.5 Å². The van der Waals surface area contributed by atoms with Crippen LogP contribution in [0.25, 0.3) is 11.0 Å². The number of pyridine rings is 1. The van der Waals surface area contributed by atoms with E-state index in [1.165, 1.54) is 4.57 Å². The second-order valence-corrected chi connectivity index (χ2v) is 7.51. The molecule has 1 aliphatic rings. The number of aromatic nitrogens is 3. The van der Waals surface area contributed by atoms with Gasteiger partial charge in [0.2, 0.25) is 0 Å². The zero-order valence-corrected chi connectivity index (χ0v) is 17.6. The standard InChI is InChI=1S/C21H23N5O3.ClH/c1-3-8-26-18-17(20(28)25-21(26)29)14(10-16(23-18)12-5-6-12)19(27)24-15-9-13(22)7-4-11(15)2;/h4,7,9-10,12H,3,5-6,8,22H2,1-2H3,(H,24,27)(H,25,28,29);1H. The van der Waals surface area contributed by atoms with Gasteiger partial charge in [0.05, 0.1) is 10.9 Å². The number of fused-ring (bicyclic) bond motifs is 1. The normalized spacial score (nSPS) is 13.1. The zero-order valence-electron chi connectivity index (χ0n) is 16.8. The Morgan fingerprint density at radius 2 is 2.03 bits per heavy atom. The lowest BCUT2D eigenvalue weighted by Crippen LogP contribution is -2.32. The van der Waals surface area contributed by atoms with Crippen molar-refractivity contribution in [2.45, 2.75) is 45.6 Å². The van der Waals surface area contributed by atoms with E-state index in [1.54, 1.807) is 18.2 Å². The summed E-state index contributed by atoms with van der Waals surface area (Å²) < 4.78 is 1.44. The van der Waals surface area contributed by atoms with Crippen molar-refractivity contribution in [3.63, 3.8) is 0 Å². The summed E-state index contributed by atoms with van der Waals surface area (Å²) in [4.78, 5) is 45.1. The number of hydrogen-bond acceptors (Lipinski definition) is 5. The molecule has 0 aliphatic heterocycles. The van der Waals surface area contributed by atoms with E-state index in [0.717, 1.165) is 24.1 Å². The summed E-state index contributed by atoms with van der Waals surface area (Å²) in [5, 5.41) is 2.98. The summed E-state index contributed by atoms with van der Waals surface area (Å²) in [5.41, 5.74) is 7.89. The van der Waals surface area contributed by atoms with E-state index >= 15 is 0 Å². The molecule has 8 nitrogen and oxygen atoms in total. The smallest absolute Gasteiger partial charge is 0.329 e. The molecule has 30 heavy (non-hydrogen) atoms. The first kappa shape index (κ1) is 21.6. The lowest BCUT2D eigenvalue weighted by Gasteiger charge is -2.14. The Hall–Kier alpha value is -3.13. The maximum absolute atomic E-state index is 13.2. The molecule has 158 valence electrons. The van der Waals surface area contributed by atoms with Crippen LogP contribution in [0.3, 0.4) is 0 Å². The number of nitrogens with one attached hydrogen (secondary N) is 2. The molecule has 1 saturated carbocycles. The molecule has 0 unspecified atom stereocenters. The van der Waals surface area contributed by atoms with Gasteiger partial charge in [0, 0.05) is 29.5 Å². The number of halogens is 1. The molecule has 2 aromatic heterocycles. The monoisotopic (exact) mass is 429 g/mol. The number of nitrogens with two attached hydrogens (primary N) is 1. The first-order valence-corrected chi connectivity index (χ1v) is 9.74. The van der Waals surface area contributed by atoms with Gasteiger partial charge < -0.3 is 11.1 Å². The van der Waals surface area contributed by atoms with Crippen molar-refractivity contribution in [2.75, 3.05) is 11.1 Å². The Labute approximate surface area is 178 Å². The highest BCUT2D eigenvalue weighted by Gasteiger charge is 2.28. The summed E-state index contributed by atoms with van der Waals surface area (Å²) in [6.07, 6.45) is 2.66. The average Bonchev–Trinajstić information content (AvgIpc) is 3.52. The Balaban J connectivity index is 0.00000256. The third kappa shape index (κ3) is 3.95. The van der Waals surface area contributed by atoms with Crippen LogP contribution in [-0.4, -0.2) is 20.4 Å². The third-order valence-electron chi connectivity index (χ3n) is 5.17. The number of nitrogens with zero attached hydrogens (tertiary/aromatic N) is 2. The second kappa shape index (κ2) is 8.31. The Morgan fingerprint density at radius 3 is 2.70 bits per heavy atom. The maximum Gasteiger partial charge on any atom is 0.329 e. The third-order valence-corrected chi connectivity index (χ3v) is 5.17. The highest BCUT2D eigenvalue weighted by atomic mass is 35.5. The van der Waals surface area contributed by atoms with Crippen molar-refractivity contribution in [3.05, 3.63) is 61.9 Å². The molecule has 0 spiro atoms. The Morgan fingerprint density at radius 1 is 1.30 bits per heavy atom. The number of carbonyl (C=O) groups excluding carboxylic acids is 1. The largest absolute Gasteiger partial charge is 0.399 e. The number of amides is 1. The second-order valence-electron chi connectivity index (χ2n) is 7.51. The van der Waals surface area contributed by atoms with E-state index < -0.39 is 17.2 Å². The number of benzene rings is 1. The molecule has 3 aromatic rings. The molecule has 4 N–H and O–H groups in total. The fourth-order valence-corrected chi connectivity index (χ4v) is 3.46. The van der Waals surface area contributed by atoms with Crippen LogP contribution >= 0.6 is 12.4 Å². The molecule has 4 rings (SSSR count). The number of aryl methyl sites for hydroxylation is 2. The fourth-order valence-electron chi connectivity index (χ4n) is 3.46. The first-order valence-electron chi connectivity index (χ1n) is 9.74. The number of aromatic amines is 1. The number of hydrogen-bond donors (Lipinski definition) is 3. The summed E-state index contributed by atoms with van der Waals surface area (Å²) >= 11 is 0. The van der Waals surface area contributed by atoms with Gasteiger partial charge in [-0.25, -0.2) is 9.78 Å². The van der Waals surface area contributed by atoms with Gasteiger partial charge in [-0.3, -0.25) is 19.1 Å². The van der Waals surface area contributed by atoms with Gasteiger partial charge >= 0.3 is 5.69 Å². The quantitative estimate of drug-likeness (QED) is 0.538. The predicted octanol–water partition coefficient (Wildman–Crippen LogP) is 2.94. The number of carbonyl (C=O) groups is 1. The SMILES string of the molecule is CCCn1c(=O)[nH]c(=O)c2c(C(=O)Nc3cc(N)ccc3C)cc(C3CC3)nc21.Cl. The Bertz CT molecular complexity index is 1240. The van der Waals surface area contributed by atoms with Crippen LogP contribution < -0.4 is 22.3 Å². The van der Waals surface area contributed by atoms with Gasteiger partial charge in [-0.15, -0.1) is 12.4 Å². The lowest BCUT2D eigenvalue weighted by atomic mass is 10.1. The number of rotatable bonds is 5. The number of H-pyrrole nitrogens is 1. The van der Waals surface area contributed by atoms with Crippen LogP contribution in [0, 0.1) is 6.92 Å². The van der Waals surface area contributed by atoms with Crippen molar-refractivity contribution < 1.29 is 4.79 Å². The average molecular weight is 430 g/mol. The van der Waals surface area contributed by atoms with Gasteiger partial charge in [0.1, 0.15) is 0 Å². The summed E-state index contributed by atoms with van der Waals surface area (Å²) in [5.74, 6) is -0.176. The molecule has 1 amide bonds. The highest BCUT2D eigenvalue weighted by Crippen LogP contribution is 2.40. The molecule has 1 fully saturated rings. The summed E-state index contributed by atoms with van der Waals surface area (Å²) in [6.45, 7) is 4.20. The van der Waals surface area contributed by atoms with Crippen LogP contribution in [0.2, 0.25) is 0 Å². The van der Waals surface area contributed by atoms with E-state index in [-0.39, 0.29) is 34.9 Å².